The molecule has 0 radical (unpaired) electrons. The number of piperazine rings is 1. The fourth-order valence-electron chi connectivity index (χ4n) is 2.98. The number of carbonyl (C=O) groups is 1. The Labute approximate surface area is 143 Å². The highest BCUT2D eigenvalue weighted by atomic mass is 16.1. The van der Waals surface area contributed by atoms with Crippen molar-refractivity contribution in [1.82, 2.24) is 9.88 Å². The highest BCUT2D eigenvalue weighted by Gasteiger charge is 2.16. The van der Waals surface area contributed by atoms with Gasteiger partial charge in [-0.1, -0.05) is 25.1 Å². The Hall–Kier alpha value is -2.40. The number of nitrogens with one attached hydrogen (secondary N) is 1. The topological polar surface area (TPSA) is 48.5 Å². The Balaban J connectivity index is 1.63. The van der Waals surface area contributed by atoms with Gasteiger partial charge >= 0.3 is 0 Å². The molecule has 5 heteroatoms. The predicted octanol–water partition coefficient (Wildman–Crippen LogP) is 2.78. The van der Waals surface area contributed by atoms with Crippen molar-refractivity contribution >= 4 is 17.4 Å². The number of hydrogen-bond donors (Lipinski definition) is 1. The zero-order valence-corrected chi connectivity index (χ0v) is 14.3. The van der Waals surface area contributed by atoms with Gasteiger partial charge in [0.05, 0.1) is 11.9 Å². The van der Waals surface area contributed by atoms with Crippen molar-refractivity contribution in [3.8, 4) is 0 Å². The van der Waals surface area contributed by atoms with Crippen LogP contribution < -0.4 is 10.2 Å². The van der Waals surface area contributed by atoms with Crippen molar-refractivity contribution in [2.45, 2.75) is 13.8 Å². The molecule has 1 aromatic heterocycles. The van der Waals surface area contributed by atoms with E-state index in [0.717, 1.165) is 44.0 Å². The third-order valence-corrected chi connectivity index (χ3v) is 4.56. The quantitative estimate of drug-likeness (QED) is 0.939. The van der Waals surface area contributed by atoms with Gasteiger partial charge in [0.25, 0.3) is 5.91 Å². The predicted molar refractivity (Wildman–Crippen MR) is 97.7 cm³/mol. The molecule has 24 heavy (non-hydrogen) atoms. The number of rotatable bonds is 4. The fraction of sp³-hybridized carbons (Fsp3) is 0.368. The molecule has 0 unspecified atom stereocenters. The summed E-state index contributed by atoms with van der Waals surface area (Å²) in [4.78, 5) is 21.5. The molecule has 2 aromatic rings. The molecule has 1 amide bonds. The summed E-state index contributed by atoms with van der Waals surface area (Å²) in [6.07, 6.45) is 1.84. The maximum atomic E-state index is 12.3. The number of anilines is 2. The second kappa shape index (κ2) is 7.45. The lowest BCUT2D eigenvalue weighted by Crippen LogP contribution is -2.46. The van der Waals surface area contributed by atoms with Crippen molar-refractivity contribution in [1.29, 1.82) is 0 Å². The van der Waals surface area contributed by atoms with Crippen LogP contribution in [0, 0.1) is 6.92 Å². The van der Waals surface area contributed by atoms with E-state index in [1.807, 2.05) is 49.5 Å². The van der Waals surface area contributed by atoms with Gasteiger partial charge in [0.1, 0.15) is 5.82 Å². The molecule has 0 atom stereocenters. The lowest BCUT2D eigenvalue weighted by Gasteiger charge is -2.35. The lowest BCUT2D eigenvalue weighted by molar-refractivity contribution is 0.102. The van der Waals surface area contributed by atoms with E-state index >= 15 is 0 Å². The number of aromatic nitrogens is 1. The van der Waals surface area contributed by atoms with E-state index in [2.05, 4.69) is 27.0 Å². The van der Waals surface area contributed by atoms with Crippen LogP contribution in [0.1, 0.15) is 22.8 Å². The van der Waals surface area contributed by atoms with Gasteiger partial charge in [-0.3, -0.25) is 4.79 Å². The average Bonchev–Trinajstić information content (AvgIpc) is 2.63. The van der Waals surface area contributed by atoms with Gasteiger partial charge in [0.2, 0.25) is 0 Å². The van der Waals surface area contributed by atoms with E-state index in [4.69, 9.17) is 0 Å². The average molecular weight is 324 g/mol. The van der Waals surface area contributed by atoms with Crippen LogP contribution in [-0.2, 0) is 0 Å². The van der Waals surface area contributed by atoms with Crippen LogP contribution in [0.15, 0.2) is 42.6 Å². The molecule has 1 aromatic carbocycles. The number of nitrogens with zero attached hydrogens (tertiary/aromatic N) is 3. The SMILES string of the molecule is CCN1CCN(c2ccc(NC(=O)c3ccccc3C)nc2)CC1. The number of aryl methyl sites for hydroxylation is 1. The molecule has 126 valence electrons. The molecule has 1 N–H and O–H groups in total. The number of carbonyl (C=O) groups excluding carboxylic acids is 1. The molecule has 0 aliphatic carbocycles. The van der Waals surface area contributed by atoms with Crippen LogP contribution >= 0.6 is 0 Å². The Morgan fingerprint density at radius 2 is 1.88 bits per heavy atom. The molecular formula is C19H24N4O. The molecule has 3 rings (SSSR count). The smallest absolute Gasteiger partial charge is 0.257 e. The maximum absolute atomic E-state index is 12.3. The van der Waals surface area contributed by atoms with Crippen molar-refractivity contribution in [3.63, 3.8) is 0 Å². The molecule has 2 heterocycles. The number of amides is 1. The van der Waals surface area contributed by atoms with Crippen LogP contribution in [-0.4, -0.2) is 48.5 Å². The third kappa shape index (κ3) is 3.74. The lowest BCUT2D eigenvalue weighted by atomic mass is 10.1. The Kier molecular flexibility index (Phi) is 5.11. The van der Waals surface area contributed by atoms with Gasteiger partial charge in [0, 0.05) is 31.7 Å². The molecule has 1 aliphatic rings. The first-order valence-corrected chi connectivity index (χ1v) is 8.47. The van der Waals surface area contributed by atoms with Gasteiger partial charge < -0.3 is 15.1 Å². The normalized spacial score (nSPS) is 15.3. The first-order chi connectivity index (χ1) is 11.7. The minimum atomic E-state index is -0.120. The van der Waals surface area contributed by atoms with E-state index in [-0.39, 0.29) is 5.91 Å². The van der Waals surface area contributed by atoms with Crippen LogP contribution in [0.4, 0.5) is 11.5 Å². The summed E-state index contributed by atoms with van der Waals surface area (Å²) in [5, 5.41) is 2.87. The Morgan fingerprint density at radius 1 is 1.12 bits per heavy atom. The highest BCUT2D eigenvalue weighted by molar-refractivity contribution is 6.04. The van der Waals surface area contributed by atoms with E-state index < -0.39 is 0 Å². The summed E-state index contributed by atoms with van der Waals surface area (Å²) in [5.74, 6) is 0.462. The van der Waals surface area contributed by atoms with E-state index in [9.17, 15) is 4.79 Å². The summed E-state index contributed by atoms with van der Waals surface area (Å²) in [6.45, 7) is 9.44. The molecule has 0 bridgehead atoms. The summed E-state index contributed by atoms with van der Waals surface area (Å²) in [6, 6.07) is 11.5. The standard InChI is InChI=1S/C19H24N4O/c1-3-22-10-12-23(13-11-22)16-8-9-18(20-14-16)21-19(24)17-7-5-4-6-15(17)2/h4-9,14H,3,10-13H2,1-2H3,(H,20,21,24). The second-order valence-electron chi connectivity index (χ2n) is 6.09. The molecule has 0 saturated carbocycles. The molecular weight excluding hydrogens is 300 g/mol. The first-order valence-electron chi connectivity index (χ1n) is 8.47. The third-order valence-electron chi connectivity index (χ3n) is 4.56. The van der Waals surface area contributed by atoms with Crippen molar-refractivity contribution in [3.05, 3.63) is 53.7 Å². The zero-order valence-electron chi connectivity index (χ0n) is 14.3. The monoisotopic (exact) mass is 324 g/mol. The van der Waals surface area contributed by atoms with Crippen LogP contribution in [0.25, 0.3) is 0 Å². The Morgan fingerprint density at radius 3 is 2.50 bits per heavy atom. The van der Waals surface area contributed by atoms with E-state index in [0.29, 0.717) is 11.4 Å². The number of likely N-dealkylation sites (N-methyl/N-ethyl adjacent to an activating group) is 1. The minimum absolute atomic E-state index is 0.120. The van der Waals surface area contributed by atoms with Crippen molar-refractivity contribution in [2.75, 3.05) is 42.9 Å². The second-order valence-corrected chi connectivity index (χ2v) is 6.09. The maximum Gasteiger partial charge on any atom is 0.257 e. The largest absolute Gasteiger partial charge is 0.368 e. The number of pyridine rings is 1. The Bertz CT molecular complexity index is 691. The molecule has 1 aliphatic heterocycles. The van der Waals surface area contributed by atoms with Gasteiger partial charge in [-0.15, -0.1) is 0 Å². The van der Waals surface area contributed by atoms with Crippen LogP contribution in [0.3, 0.4) is 0 Å². The summed E-state index contributed by atoms with van der Waals surface area (Å²) < 4.78 is 0. The molecule has 1 fully saturated rings. The van der Waals surface area contributed by atoms with Crippen LogP contribution in [0.5, 0.6) is 0 Å². The van der Waals surface area contributed by atoms with Gasteiger partial charge in [-0.05, 0) is 37.2 Å². The molecule has 0 spiro atoms. The molecule has 5 nitrogen and oxygen atoms in total. The van der Waals surface area contributed by atoms with Crippen LogP contribution in [0.2, 0.25) is 0 Å². The summed E-state index contributed by atoms with van der Waals surface area (Å²) in [5.41, 5.74) is 2.75. The highest BCUT2D eigenvalue weighted by Crippen LogP contribution is 2.18. The fourth-order valence-corrected chi connectivity index (χ4v) is 2.98. The summed E-state index contributed by atoms with van der Waals surface area (Å²) in [7, 11) is 0. The minimum Gasteiger partial charge on any atom is -0.368 e. The number of hydrogen-bond acceptors (Lipinski definition) is 4. The zero-order chi connectivity index (χ0) is 16.9. The van der Waals surface area contributed by atoms with Crippen molar-refractivity contribution in [2.24, 2.45) is 0 Å². The summed E-state index contributed by atoms with van der Waals surface area (Å²) >= 11 is 0. The van der Waals surface area contributed by atoms with Gasteiger partial charge in [0.15, 0.2) is 0 Å². The van der Waals surface area contributed by atoms with Gasteiger partial charge in [-0.25, -0.2) is 4.98 Å². The van der Waals surface area contributed by atoms with E-state index in [1.54, 1.807) is 0 Å². The van der Waals surface area contributed by atoms with Gasteiger partial charge in [-0.2, -0.15) is 0 Å². The molecule has 1 saturated heterocycles. The first kappa shape index (κ1) is 16.5. The number of benzene rings is 1. The van der Waals surface area contributed by atoms with E-state index in [1.165, 1.54) is 0 Å². The van der Waals surface area contributed by atoms with Crippen molar-refractivity contribution < 1.29 is 4.79 Å².